The summed E-state index contributed by atoms with van der Waals surface area (Å²) in [6.07, 6.45) is 24.2. The first-order valence-corrected chi connectivity index (χ1v) is 14.7. The van der Waals surface area contributed by atoms with E-state index in [0.717, 1.165) is 58.0 Å². The number of hydrogen-bond donors (Lipinski definition) is 0. The maximum absolute atomic E-state index is 5.13. The Morgan fingerprint density at radius 1 is 0.643 bits per heavy atom. The Balaban J connectivity index is 1.23. The molecule has 200 valence electrons. The Kier molecular flexibility index (Phi) is 6.07. The van der Waals surface area contributed by atoms with Crippen molar-refractivity contribution < 1.29 is 0 Å². The topological polar surface area (TPSA) is 38.7 Å². The van der Waals surface area contributed by atoms with Crippen LogP contribution in [0.1, 0.15) is 23.2 Å². The van der Waals surface area contributed by atoms with Gasteiger partial charge in [-0.2, -0.15) is 0 Å². The van der Waals surface area contributed by atoms with Crippen molar-refractivity contribution in [2.75, 3.05) is 0 Å². The first-order valence-electron chi connectivity index (χ1n) is 14.7. The molecule has 3 heteroatoms. The number of nitrogens with zero attached hydrogens (tertiary/aromatic N) is 3. The highest BCUT2D eigenvalue weighted by Crippen LogP contribution is 2.35. The summed E-state index contributed by atoms with van der Waals surface area (Å²) in [6.45, 7) is 0. The third-order valence-corrected chi connectivity index (χ3v) is 8.52. The van der Waals surface area contributed by atoms with Gasteiger partial charge >= 0.3 is 0 Å². The molecular weight excluding hydrogens is 510 g/mol. The Labute approximate surface area is 246 Å². The fraction of sp³-hybridized carbons (Fsp3) is 0.103. The van der Waals surface area contributed by atoms with Crippen LogP contribution in [0.5, 0.6) is 0 Å². The van der Waals surface area contributed by atoms with E-state index in [9.17, 15) is 0 Å². The maximum atomic E-state index is 5.13. The molecule has 3 aromatic carbocycles. The summed E-state index contributed by atoms with van der Waals surface area (Å²) in [4.78, 5) is 15.0. The quantitative estimate of drug-likeness (QED) is 0.228. The van der Waals surface area contributed by atoms with E-state index in [4.69, 9.17) is 15.0 Å². The van der Waals surface area contributed by atoms with Crippen LogP contribution >= 0.6 is 0 Å². The Morgan fingerprint density at radius 3 is 2.33 bits per heavy atom. The Morgan fingerprint density at radius 2 is 1.43 bits per heavy atom. The third kappa shape index (κ3) is 4.53. The summed E-state index contributed by atoms with van der Waals surface area (Å²) < 4.78 is 0. The molecule has 8 rings (SSSR count). The minimum atomic E-state index is 0.343. The number of benzene rings is 3. The van der Waals surface area contributed by atoms with Crippen molar-refractivity contribution in [3.05, 3.63) is 150 Å². The molecular formula is C39H29N3. The number of rotatable bonds is 4. The van der Waals surface area contributed by atoms with Gasteiger partial charge in [0.2, 0.25) is 0 Å². The highest BCUT2D eigenvalue weighted by molar-refractivity contribution is 5.88. The molecule has 0 radical (unpaired) electrons. The van der Waals surface area contributed by atoms with Gasteiger partial charge in [-0.1, -0.05) is 115 Å². The zero-order valence-corrected chi connectivity index (χ0v) is 23.2. The molecule has 0 amide bonds. The zero-order chi connectivity index (χ0) is 27.9. The third-order valence-electron chi connectivity index (χ3n) is 8.52. The van der Waals surface area contributed by atoms with Gasteiger partial charge in [0.25, 0.3) is 0 Å². The van der Waals surface area contributed by atoms with Crippen LogP contribution < -0.4 is 0 Å². The fourth-order valence-corrected chi connectivity index (χ4v) is 6.23. The van der Waals surface area contributed by atoms with Gasteiger partial charge in [0.1, 0.15) is 0 Å². The van der Waals surface area contributed by atoms with Crippen LogP contribution in [0.25, 0.3) is 56.3 Å². The SMILES string of the molecule is C1=CC2C=CC(c3cc(-c4ccc5ccccc5c4)nc(-c4ccc(-c5nccc6c5C=CCC6)cc4)n3)=CC2C=C1. The molecule has 0 saturated carbocycles. The molecule has 2 heterocycles. The fourth-order valence-electron chi connectivity index (χ4n) is 6.23. The molecule has 3 nitrogen and oxygen atoms in total. The van der Waals surface area contributed by atoms with E-state index in [1.807, 2.05) is 6.20 Å². The predicted octanol–water partition coefficient (Wildman–Crippen LogP) is 9.30. The normalized spacial score (nSPS) is 18.5. The van der Waals surface area contributed by atoms with E-state index in [1.165, 1.54) is 21.9 Å². The molecule has 3 aliphatic carbocycles. The number of aryl methyl sites for hydroxylation is 1. The number of hydrogen-bond acceptors (Lipinski definition) is 3. The van der Waals surface area contributed by atoms with E-state index in [-0.39, 0.29) is 0 Å². The highest BCUT2D eigenvalue weighted by atomic mass is 14.9. The summed E-state index contributed by atoms with van der Waals surface area (Å²) in [5.41, 5.74) is 9.79. The van der Waals surface area contributed by atoms with Crippen LogP contribution in [0.15, 0.2) is 134 Å². The number of aromatic nitrogens is 3. The number of pyridine rings is 1. The van der Waals surface area contributed by atoms with Crippen molar-refractivity contribution in [2.45, 2.75) is 12.8 Å². The molecule has 42 heavy (non-hydrogen) atoms. The average Bonchev–Trinajstić information content (AvgIpc) is 3.07. The van der Waals surface area contributed by atoms with E-state index in [1.54, 1.807) is 0 Å². The monoisotopic (exact) mass is 539 g/mol. The minimum Gasteiger partial charge on any atom is -0.256 e. The van der Waals surface area contributed by atoms with Crippen molar-refractivity contribution in [3.8, 4) is 33.9 Å². The van der Waals surface area contributed by atoms with E-state index >= 15 is 0 Å². The van der Waals surface area contributed by atoms with Crippen LogP contribution in [0.2, 0.25) is 0 Å². The largest absolute Gasteiger partial charge is 0.256 e. The molecule has 2 unspecified atom stereocenters. The van der Waals surface area contributed by atoms with Crippen molar-refractivity contribution in [3.63, 3.8) is 0 Å². The van der Waals surface area contributed by atoms with Gasteiger partial charge in [0.15, 0.2) is 5.82 Å². The standard InChI is InChI=1S/C39H29N3/c1-3-10-31-23-33(19-13-26(31)7-1)36-25-37(34-20-14-27-8-2-4-11-32(27)24-34)42-39(41-36)30-17-15-29(16-18-30)38-35-12-6-5-9-28(35)21-22-40-38/h1-4,6-8,10-26,31H,5,9H2. The van der Waals surface area contributed by atoms with Gasteiger partial charge in [-0.05, 0) is 52.9 Å². The van der Waals surface area contributed by atoms with Crippen molar-refractivity contribution in [1.82, 2.24) is 15.0 Å². The smallest absolute Gasteiger partial charge is 0.160 e. The van der Waals surface area contributed by atoms with Gasteiger partial charge in [-0.3, -0.25) is 4.98 Å². The van der Waals surface area contributed by atoms with Crippen LogP contribution in [-0.2, 0) is 6.42 Å². The first-order chi connectivity index (χ1) is 20.8. The lowest BCUT2D eigenvalue weighted by molar-refractivity contribution is 0.662. The summed E-state index contributed by atoms with van der Waals surface area (Å²) in [7, 11) is 0. The lowest BCUT2D eigenvalue weighted by Gasteiger charge is -2.23. The summed E-state index contributed by atoms with van der Waals surface area (Å²) in [5.74, 6) is 1.47. The second-order valence-corrected chi connectivity index (χ2v) is 11.2. The molecule has 5 aromatic rings. The van der Waals surface area contributed by atoms with Crippen LogP contribution in [0.3, 0.4) is 0 Å². The first kappa shape index (κ1) is 24.6. The van der Waals surface area contributed by atoms with Crippen LogP contribution in [0.4, 0.5) is 0 Å². The lowest BCUT2D eigenvalue weighted by atomic mass is 9.82. The summed E-state index contributed by atoms with van der Waals surface area (Å²) in [6, 6.07) is 27.8. The molecule has 2 aromatic heterocycles. The van der Waals surface area contributed by atoms with Gasteiger partial charge in [0.05, 0.1) is 17.1 Å². The van der Waals surface area contributed by atoms with Crippen molar-refractivity contribution in [1.29, 1.82) is 0 Å². The number of fused-ring (bicyclic) bond motifs is 3. The van der Waals surface area contributed by atoms with Crippen molar-refractivity contribution >= 4 is 22.4 Å². The molecule has 0 fully saturated rings. The average molecular weight is 540 g/mol. The van der Waals surface area contributed by atoms with Gasteiger partial charge in [-0.25, -0.2) is 9.97 Å². The highest BCUT2D eigenvalue weighted by Gasteiger charge is 2.20. The predicted molar refractivity (Wildman–Crippen MR) is 173 cm³/mol. The van der Waals surface area contributed by atoms with E-state index in [2.05, 4.69) is 134 Å². The molecule has 2 atom stereocenters. The van der Waals surface area contributed by atoms with Crippen LogP contribution in [0, 0.1) is 11.8 Å². The molecule has 0 aliphatic heterocycles. The zero-order valence-electron chi connectivity index (χ0n) is 23.2. The minimum absolute atomic E-state index is 0.343. The number of allylic oxidation sites excluding steroid dienone is 9. The molecule has 0 N–H and O–H groups in total. The van der Waals surface area contributed by atoms with E-state index < -0.39 is 0 Å². The lowest BCUT2D eigenvalue weighted by Crippen LogP contribution is -2.12. The molecule has 0 saturated heterocycles. The van der Waals surface area contributed by atoms with Crippen LogP contribution in [-0.4, -0.2) is 15.0 Å². The van der Waals surface area contributed by atoms with Gasteiger partial charge in [-0.15, -0.1) is 0 Å². The van der Waals surface area contributed by atoms with E-state index in [0.29, 0.717) is 11.8 Å². The van der Waals surface area contributed by atoms with Gasteiger partial charge in [0, 0.05) is 40.3 Å². The molecule has 3 aliphatic rings. The second kappa shape index (κ2) is 10.4. The van der Waals surface area contributed by atoms with Crippen molar-refractivity contribution in [2.24, 2.45) is 11.8 Å². The van der Waals surface area contributed by atoms with Gasteiger partial charge < -0.3 is 0 Å². The Hall–Kier alpha value is -5.15. The maximum Gasteiger partial charge on any atom is 0.160 e. The summed E-state index contributed by atoms with van der Waals surface area (Å²) in [5, 5.41) is 2.42. The molecule has 0 bridgehead atoms. The Bertz CT molecular complexity index is 1990. The molecule has 0 spiro atoms. The second-order valence-electron chi connectivity index (χ2n) is 11.2. The summed E-state index contributed by atoms with van der Waals surface area (Å²) >= 11 is 0.